The number of nitrogens with two attached hydrogens (primary N) is 1. The SMILES string of the molecule is C=C(CC)COc1c(C)cc(Br)cc1S(N)(=O)=O. The number of aryl methyl sites for hydroxylation is 1. The first-order valence-corrected chi connectivity index (χ1v) is 7.72. The normalized spacial score (nSPS) is 11.3. The van der Waals surface area contributed by atoms with Crippen LogP contribution in [0.5, 0.6) is 5.75 Å². The van der Waals surface area contributed by atoms with Crippen molar-refractivity contribution in [1.82, 2.24) is 0 Å². The minimum atomic E-state index is -3.82. The van der Waals surface area contributed by atoms with Gasteiger partial charge in [-0.05, 0) is 36.6 Å². The van der Waals surface area contributed by atoms with E-state index in [9.17, 15) is 8.42 Å². The van der Waals surface area contributed by atoms with Crippen molar-refractivity contribution < 1.29 is 13.2 Å². The van der Waals surface area contributed by atoms with Gasteiger partial charge in [-0.25, -0.2) is 13.6 Å². The second-order valence-corrected chi connectivity index (χ2v) is 6.43. The van der Waals surface area contributed by atoms with Gasteiger partial charge in [0.2, 0.25) is 10.0 Å². The Morgan fingerprint density at radius 3 is 2.61 bits per heavy atom. The van der Waals surface area contributed by atoms with Crippen molar-refractivity contribution in [1.29, 1.82) is 0 Å². The van der Waals surface area contributed by atoms with E-state index in [2.05, 4.69) is 22.5 Å². The third-order valence-corrected chi connectivity index (χ3v) is 3.81. The topological polar surface area (TPSA) is 69.4 Å². The van der Waals surface area contributed by atoms with Gasteiger partial charge in [0.25, 0.3) is 0 Å². The van der Waals surface area contributed by atoms with Gasteiger partial charge < -0.3 is 4.74 Å². The first-order valence-electron chi connectivity index (χ1n) is 5.38. The Kier molecular flexibility index (Phi) is 4.95. The second-order valence-electron chi connectivity index (χ2n) is 3.99. The van der Waals surface area contributed by atoms with Gasteiger partial charge in [-0.3, -0.25) is 0 Å². The van der Waals surface area contributed by atoms with Crippen molar-refractivity contribution in [3.63, 3.8) is 0 Å². The van der Waals surface area contributed by atoms with Crippen LogP contribution in [0.3, 0.4) is 0 Å². The number of ether oxygens (including phenoxy) is 1. The third-order valence-electron chi connectivity index (χ3n) is 2.43. The third kappa shape index (κ3) is 3.83. The second kappa shape index (κ2) is 5.86. The minimum Gasteiger partial charge on any atom is -0.488 e. The van der Waals surface area contributed by atoms with Crippen LogP contribution in [0.2, 0.25) is 0 Å². The van der Waals surface area contributed by atoms with Crippen LogP contribution in [0, 0.1) is 6.92 Å². The molecule has 0 saturated carbocycles. The zero-order valence-electron chi connectivity index (χ0n) is 10.4. The summed E-state index contributed by atoms with van der Waals surface area (Å²) in [6.07, 6.45) is 0.778. The number of halogens is 1. The molecule has 1 rings (SSSR count). The monoisotopic (exact) mass is 333 g/mol. The largest absolute Gasteiger partial charge is 0.488 e. The molecule has 0 radical (unpaired) electrons. The van der Waals surface area contributed by atoms with Crippen LogP contribution in [0.1, 0.15) is 18.9 Å². The number of benzene rings is 1. The predicted octanol–water partition coefficient (Wildman–Crippen LogP) is 2.75. The zero-order valence-corrected chi connectivity index (χ0v) is 12.8. The number of sulfonamides is 1. The van der Waals surface area contributed by atoms with Crippen LogP contribution in [0.25, 0.3) is 0 Å². The van der Waals surface area contributed by atoms with E-state index in [1.54, 1.807) is 13.0 Å². The Morgan fingerprint density at radius 2 is 2.11 bits per heavy atom. The summed E-state index contributed by atoms with van der Waals surface area (Å²) in [5.41, 5.74) is 1.59. The molecule has 0 aromatic heterocycles. The molecule has 0 unspecified atom stereocenters. The Hall–Kier alpha value is -0.850. The maximum absolute atomic E-state index is 11.5. The summed E-state index contributed by atoms with van der Waals surface area (Å²) >= 11 is 3.24. The van der Waals surface area contributed by atoms with Crippen LogP contribution >= 0.6 is 15.9 Å². The lowest BCUT2D eigenvalue weighted by Gasteiger charge is -2.14. The summed E-state index contributed by atoms with van der Waals surface area (Å²) in [5, 5.41) is 5.18. The Bertz CT molecular complexity index is 567. The van der Waals surface area contributed by atoms with Crippen molar-refractivity contribution in [2.24, 2.45) is 5.14 Å². The van der Waals surface area contributed by atoms with Crippen LogP contribution in [0.15, 0.2) is 33.7 Å². The highest BCUT2D eigenvalue weighted by Crippen LogP contribution is 2.31. The summed E-state index contributed by atoms with van der Waals surface area (Å²) < 4.78 is 29.2. The van der Waals surface area contributed by atoms with Crippen molar-refractivity contribution in [2.75, 3.05) is 6.61 Å². The smallest absolute Gasteiger partial charge is 0.241 e. The van der Waals surface area contributed by atoms with E-state index in [-0.39, 0.29) is 17.3 Å². The number of rotatable bonds is 5. The zero-order chi connectivity index (χ0) is 13.9. The molecule has 1 aromatic carbocycles. The van der Waals surface area contributed by atoms with Gasteiger partial charge in [0.1, 0.15) is 17.3 Å². The molecule has 4 nitrogen and oxygen atoms in total. The highest BCUT2D eigenvalue weighted by atomic mass is 79.9. The summed E-state index contributed by atoms with van der Waals surface area (Å²) in [4.78, 5) is -0.0155. The highest BCUT2D eigenvalue weighted by molar-refractivity contribution is 9.10. The summed E-state index contributed by atoms with van der Waals surface area (Å²) in [6, 6.07) is 3.21. The maximum atomic E-state index is 11.5. The number of hydrogen-bond donors (Lipinski definition) is 1. The Balaban J connectivity index is 3.21. The summed E-state index contributed by atoms with van der Waals surface area (Å²) in [5.74, 6) is 0.287. The van der Waals surface area contributed by atoms with Gasteiger partial charge in [-0.2, -0.15) is 0 Å². The number of hydrogen-bond acceptors (Lipinski definition) is 3. The minimum absolute atomic E-state index is 0.0155. The quantitative estimate of drug-likeness (QED) is 0.842. The number of primary sulfonamides is 1. The van der Waals surface area contributed by atoms with Crippen molar-refractivity contribution in [3.05, 3.63) is 34.3 Å². The summed E-state index contributed by atoms with van der Waals surface area (Å²) in [7, 11) is -3.82. The molecule has 0 atom stereocenters. The van der Waals surface area contributed by atoms with E-state index in [4.69, 9.17) is 9.88 Å². The molecule has 18 heavy (non-hydrogen) atoms. The summed E-state index contributed by atoms with van der Waals surface area (Å²) in [6.45, 7) is 7.82. The average Bonchev–Trinajstić information content (AvgIpc) is 2.25. The maximum Gasteiger partial charge on any atom is 0.241 e. The van der Waals surface area contributed by atoms with Crippen LogP contribution in [-0.4, -0.2) is 15.0 Å². The van der Waals surface area contributed by atoms with Crippen molar-refractivity contribution in [2.45, 2.75) is 25.2 Å². The lowest BCUT2D eigenvalue weighted by atomic mass is 10.2. The van der Waals surface area contributed by atoms with E-state index < -0.39 is 10.0 Å². The van der Waals surface area contributed by atoms with Crippen LogP contribution < -0.4 is 9.88 Å². The fourth-order valence-electron chi connectivity index (χ4n) is 1.37. The molecule has 0 fully saturated rings. The van der Waals surface area contributed by atoms with Gasteiger partial charge in [0, 0.05) is 4.47 Å². The Labute approximate surface area is 116 Å². The van der Waals surface area contributed by atoms with Gasteiger partial charge in [0.15, 0.2) is 0 Å². The molecule has 0 aliphatic heterocycles. The molecule has 0 amide bonds. The van der Waals surface area contributed by atoms with E-state index in [1.807, 2.05) is 6.92 Å². The standard InChI is InChI=1S/C12H16BrNO3S/c1-4-8(2)7-17-12-9(3)5-10(13)6-11(12)18(14,15)16/h5-6H,2,4,7H2,1,3H3,(H2,14,15,16). The Morgan fingerprint density at radius 1 is 1.50 bits per heavy atom. The van der Waals surface area contributed by atoms with Gasteiger partial charge in [-0.15, -0.1) is 0 Å². The molecule has 0 aliphatic carbocycles. The van der Waals surface area contributed by atoms with Crippen LogP contribution in [0.4, 0.5) is 0 Å². The van der Waals surface area contributed by atoms with E-state index in [1.165, 1.54) is 6.07 Å². The first kappa shape index (κ1) is 15.2. The molecular weight excluding hydrogens is 318 g/mol. The fourth-order valence-corrected chi connectivity index (χ4v) is 2.87. The molecule has 6 heteroatoms. The fraction of sp³-hybridized carbons (Fsp3) is 0.333. The molecule has 100 valence electrons. The predicted molar refractivity (Wildman–Crippen MR) is 75.2 cm³/mol. The molecule has 0 heterocycles. The van der Waals surface area contributed by atoms with Crippen LogP contribution in [-0.2, 0) is 10.0 Å². The van der Waals surface area contributed by atoms with Gasteiger partial charge >= 0.3 is 0 Å². The van der Waals surface area contributed by atoms with Gasteiger partial charge in [0.05, 0.1) is 0 Å². The molecule has 0 bridgehead atoms. The first-order chi connectivity index (χ1) is 8.25. The van der Waals surface area contributed by atoms with E-state index in [0.29, 0.717) is 10.0 Å². The molecule has 0 aliphatic rings. The van der Waals surface area contributed by atoms with E-state index in [0.717, 1.165) is 12.0 Å². The molecule has 1 aromatic rings. The average molecular weight is 334 g/mol. The lowest BCUT2D eigenvalue weighted by Crippen LogP contribution is -2.15. The lowest BCUT2D eigenvalue weighted by molar-refractivity contribution is 0.337. The van der Waals surface area contributed by atoms with Gasteiger partial charge in [-0.1, -0.05) is 29.4 Å². The van der Waals surface area contributed by atoms with Crippen molar-refractivity contribution >= 4 is 26.0 Å². The highest BCUT2D eigenvalue weighted by Gasteiger charge is 2.18. The van der Waals surface area contributed by atoms with E-state index >= 15 is 0 Å². The molecule has 0 saturated heterocycles. The molecule has 2 N–H and O–H groups in total. The molecule has 0 spiro atoms. The molecular formula is C12H16BrNO3S. The van der Waals surface area contributed by atoms with Crippen molar-refractivity contribution in [3.8, 4) is 5.75 Å².